The van der Waals surface area contributed by atoms with Gasteiger partial charge in [0.2, 0.25) is 15.9 Å². The molecule has 1 aliphatic heterocycles. The first-order chi connectivity index (χ1) is 12.0. The molecule has 0 bridgehead atoms. The third-order valence-corrected chi connectivity index (χ3v) is 5.60. The molecule has 0 unspecified atom stereocenters. The van der Waals surface area contributed by atoms with Gasteiger partial charge in [-0.1, -0.05) is 0 Å². The fourth-order valence-corrected chi connectivity index (χ4v) is 3.64. The first-order valence-electron chi connectivity index (χ1n) is 7.48. The molecule has 0 aromatic carbocycles. The summed E-state index contributed by atoms with van der Waals surface area (Å²) in [6.45, 7) is 0.957. The highest BCUT2D eigenvalue weighted by Crippen LogP contribution is 2.21. The standard InChI is InChI=1S/C14H17FN6O3S/c15-5-11(6-16)9-24-14-2-1-12(7-17-14)25(22,23)21-4-3-20-10-18-19-13(20)8-21/h1-2,5,7,10H,3-4,6,8-9,16H2/b11-5+. The van der Waals surface area contributed by atoms with Gasteiger partial charge >= 0.3 is 0 Å². The number of ether oxygens (including phenoxy) is 1. The molecule has 0 atom stereocenters. The Morgan fingerprint density at radius 3 is 2.92 bits per heavy atom. The number of rotatable bonds is 6. The number of hydrogen-bond donors (Lipinski definition) is 1. The molecule has 0 saturated carbocycles. The fraction of sp³-hybridized carbons (Fsp3) is 0.357. The molecule has 3 rings (SSSR count). The molecule has 1 aliphatic rings. The van der Waals surface area contributed by atoms with E-state index in [9.17, 15) is 12.8 Å². The van der Waals surface area contributed by atoms with Gasteiger partial charge in [0.05, 0.1) is 19.1 Å². The normalized spacial score (nSPS) is 15.8. The zero-order valence-corrected chi connectivity index (χ0v) is 14.1. The monoisotopic (exact) mass is 368 g/mol. The van der Waals surface area contributed by atoms with Crippen molar-refractivity contribution in [3.05, 3.63) is 42.4 Å². The van der Waals surface area contributed by atoms with Crippen molar-refractivity contribution in [2.75, 3.05) is 19.7 Å². The molecule has 134 valence electrons. The molecule has 0 radical (unpaired) electrons. The van der Waals surface area contributed by atoms with Gasteiger partial charge in [-0.15, -0.1) is 10.2 Å². The molecule has 11 heteroatoms. The van der Waals surface area contributed by atoms with E-state index in [1.54, 1.807) is 6.33 Å². The number of fused-ring (bicyclic) bond motifs is 1. The Morgan fingerprint density at radius 2 is 2.24 bits per heavy atom. The van der Waals surface area contributed by atoms with Crippen LogP contribution in [0.25, 0.3) is 0 Å². The lowest BCUT2D eigenvalue weighted by molar-refractivity contribution is 0.331. The van der Waals surface area contributed by atoms with Crippen molar-refractivity contribution in [3.8, 4) is 5.88 Å². The van der Waals surface area contributed by atoms with Crippen molar-refractivity contribution in [2.45, 2.75) is 18.0 Å². The van der Waals surface area contributed by atoms with Crippen LogP contribution in [0.4, 0.5) is 4.39 Å². The van der Waals surface area contributed by atoms with E-state index in [0.717, 1.165) is 0 Å². The highest BCUT2D eigenvalue weighted by atomic mass is 32.2. The van der Waals surface area contributed by atoms with Gasteiger partial charge in [-0.3, -0.25) is 0 Å². The van der Waals surface area contributed by atoms with E-state index < -0.39 is 10.0 Å². The number of nitrogens with zero attached hydrogens (tertiary/aromatic N) is 5. The van der Waals surface area contributed by atoms with Crippen LogP contribution < -0.4 is 10.5 Å². The van der Waals surface area contributed by atoms with Gasteiger partial charge in [-0.05, 0) is 6.07 Å². The van der Waals surface area contributed by atoms with Crippen LogP contribution in [0.3, 0.4) is 0 Å². The summed E-state index contributed by atoms with van der Waals surface area (Å²) in [7, 11) is -3.70. The highest BCUT2D eigenvalue weighted by Gasteiger charge is 2.29. The van der Waals surface area contributed by atoms with E-state index >= 15 is 0 Å². The molecule has 3 heterocycles. The van der Waals surface area contributed by atoms with Crippen LogP contribution in [0.1, 0.15) is 5.82 Å². The molecule has 2 N–H and O–H groups in total. The predicted molar refractivity (Wildman–Crippen MR) is 85.6 cm³/mol. The van der Waals surface area contributed by atoms with Crippen LogP contribution in [-0.4, -0.2) is 52.2 Å². The third-order valence-electron chi connectivity index (χ3n) is 3.77. The maximum absolute atomic E-state index is 12.7. The van der Waals surface area contributed by atoms with Crippen LogP contribution in [0.5, 0.6) is 5.88 Å². The van der Waals surface area contributed by atoms with Gasteiger partial charge in [-0.2, -0.15) is 4.31 Å². The SMILES string of the molecule is NC/C(=C\F)COc1ccc(S(=O)(=O)N2CCn3cnnc3C2)cn1. The van der Waals surface area contributed by atoms with Gasteiger partial charge in [0.15, 0.2) is 0 Å². The van der Waals surface area contributed by atoms with Crippen molar-refractivity contribution in [1.82, 2.24) is 24.1 Å². The van der Waals surface area contributed by atoms with Crippen molar-refractivity contribution in [2.24, 2.45) is 5.73 Å². The van der Waals surface area contributed by atoms with Crippen molar-refractivity contribution in [1.29, 1.82) is 0 Å². The van der Waals surface area contributed by atoms with Gasteiger partial charge in [0.25, 0.3) is 0 Å². The van der Waals surface area contributed by atoms with E-state index in [1.165, 1.54) is 22.6 Å². The minimum atomic E-state index is -3.70. The summed E-state index contributed by atoms with van der Waals surface area (Å²) in [5.41, 5.74) is 5.61. The number of hydrogen-bond acceptors (Lipinski definition) is 7. The molecule has 0 amide bonds. The number of sulfonamides is 1. The minimum absolute atomic E-state index is 0.0303. The van der Waals surface area contributed by atoms with E-state index in [4.69, 9.17) is 10.5 Å². The predicted octanol–water partition coefficient (Wildman–Crippen LogP) is 0.0685. The molecule has 0 aliphatic carbocycles. The molecule has 2 aromatic rings. The minimum Gasteiger partial charge on any atom is -0.473 e. The topological polar surface area (TPSA) is 116 Å². The second kappa shape index (κ2) is 7.25. The van der Waals surface area contributed by atoms with E-state index in [2.05, 4.69) is 15.2 Å². The Balaban J connectivity index is 1.71. The first kappa shape index (κ1) is 17.5. The fourth-order valence-electron chi connectivity index (χ4n) is 2.30. The van der Waals surface area contributed by atoms with Crippen LogP contribution in [0.15, 0.2) is 41.5 Å². The largest absolute Gasteiger partial charge is 0.473 e. The van der Waals surface area contributed by atoms with Crippen molar-refractivity contribution < 1.29 is 17.5 Å². The number of nitrogens with two attached hydrogens (primary N) is 1. The lowest BCUT2D eigenvalue weighted by Crippen LogP contribution is -2.38. The van der Waals surface area contributed by atoms with Crippen LogP contribution in [0.2, 0.25) is 0 Å². The molecule has 9 nitrogen and oxygen atoms in total. The lowest BCUT2D eigenvalue weighted by Gasteiger charge is -2.26. The Kier molecular flexibility index (Phi) is 5.06. The molecular formula is C14H17FN6O3S. The lowest BCUT2D eigenvalue weighted by atomic mass is 10.3. The van der Waals surface area contributed by atoms with Crippen LogP contribution in [0, 0.1) is 0 Å². The van der Waals surface area contributed by atoms with Crippen molar-refractivity contribution >= 4 is 10.0 Å². The number of halogens is 1. The number of pyridine rings is 1. The van der Waals surface area contributed by atoms with E-state index in [0.29, 0.717) is 25.2 Å². The zero-order chi connectivity index (χ0) is 17.9. The molecular weight excluding hydrogens is 351 g/mol. The summed E-state index contributed by atoms with van der Waals surface area (Å²) in [6, 6.07) is 2.82. The van der Waals surface area contributed by atoms with Crippen LogP contribution in [-0.2, 0) is 23.1 Å². The molecule has 0 spiro atoms. The van der Waals surface area contributed by atoms with Gasteiger partial charge in [0.1, 0.15) is 23.7 Å². The summed E-state index contributed by atoms with van der Waals surface area (Å²) in [6.07, 6.45) is 3.17. The molecule has 0 fully saturated rings. The first-order valence-corrected chi connectivity index (χ1v) is 8.92. The Bertz CT molecular complexity index is 865. The highest BCUT2D eigenvalue weighted by molar-refractivity contribution is 7.89. The van der Waals surface area contributed by atoms with Gasteiger partial charge in [-0.25, -0.2) is 17.8 Å². The molecule has 2 aromatic heterocycles. The summed E-state index contributed by atoms with van der Waals surface area (Å²) in [5, 5.41) is 7.69. The smallest absolute Gasteiger partial charge is 0.245 e. The Labute approximate surface area is 144 Å². The quantitative estimate of drug-likeness (QED) is 0.767. The zero-order valence-electron chi connectivity index (χ0n) is 13.2. The number of aromatic nitrogens is 4. The van der Waals surface area contributed by atoms with Crippen LogP contribution >= 0.6 is 0 Å². The maximum Gasteiger partial charge on any atom is 0.245 e. The average molecular weight is 368 g/mol. The van der Waals surface area contributed by atoms with E-state index in [-0.39, 0.29) is 36.0 Å². The summed E-state index contributed by atoms with van der Waals surface area (Å²) in [5.74, 6) is 0.778. The molecule has 0 saturated heterocycles. The summed E-state index contributed by atoms with van der Waals surface area (Å²) < 4.78 is 46.2. The van der Waals surface area contributed by atoms with E-state index in [1.807, 2.05) is 4.57 Å². The maximum atomic E-state index is 12.7. The average Bonchev–Trinajstić information content (AvgIpc) is 3.10. The third kappa shape index (κ3) is 3.67. The Hall–Kier alpha value is -2.37. The molecule has 25 heavy (non-hydrogen) atoms. The summed E-state index contributed by atoms with van der Waals surface area (Å²) >= 11 is 0. The second-order valence-corrected chi connectivity index (χ2v) is 7.31. The van der Waals surface area contributed by atoms with Gasteiger partial charge < -0.3 is 15.0 Å². The van der Waals surface area contributed by atoms with Gasteiger partial charge in [0, 0.05) is 31.3 Å². The Morgan fingerprint density at radius 1 is 1.40 bits per heavy atom. The van der Waals surface area contributed by atoms with Crippen molar-refractivity contribution in [3.63, 3.8) is 0 Å². The second-order valence-electron chi connectivity index (χ2n) is 5.37. The summed E-state index contributed by atoms with van der Waals surface area (Å²) in [4.78, 5) is 4.01.